The second kappa shape index (κ2) is 10.0. The van der Waals surface area contributed by atoms with Gasteiger partial charge in [-0.05, 0) is 36.1 Å². The van der Waals surface area contributed by atoms with Crippen LogP contribution in [0.25, 0.3) is 5.57 Å². The predicted molar refractivity (Wildman–Crippen MR) is 108 cm³/mol. The Hall–Kier alpha value is -2.43. The third kappa shape index (κ3) is 5.78. The van der Waals surface area contributed by atoms with E-state index in [1.165, 1.54) is 16.7 Å². The fourth-order valence-electron chi connectivity index (χ4n) is 3.52. The number of hydrogen-bond donors (Lipinski definition) is 1. The van der Waals surface area contributed by atoms with Crippen LogP contribution < -0.4 is 0 Å². The summed E-state index contributed by atoms with van der Waals surface area (Å²) < 4.78 is 5.84. The van der Waals surface area contributed by atoms with Crippen LogP contribution in [0.15, 0.2) is 66.7 Å². The number of rotatable bonds is 8. The summed E-state index contributed by atoms with van der Waals surface area (Å²) in [4.78, 5) is 13.4. The van der Waals surface area contributed by atoms with Gasteiger partial charge in [0.2, 0.25) is 0 Å². The van der Waals surface area contributed by atoms with Gasteiger partial charge in [0.1, 0.15) is 0 Å². The number of piperidine rings is 1. The highest BCUT2D eigenvalue weighted by Gasteiger charge is 2.24. The molecule has 1 atom stereocenters. The molecule has 0 saturated carbocycles. The van der Waals surface area contributed by atoms with E-state index >= 15 is 0 Å². The Balaban J connectivity index is 1.54. The van der Waals surface area contributed by atoms with Crippen LogP contribution in [0, 0.1) is 5.92 Å². The third-order valence-electron chi connectivity index (χ3n) is 4.98. The van der Waals surface area contributed by atoms with Crippen LogP contribution in [0.3, 0.4) is 0 Å². The van der Waals surface area contributed by atoms with Crippen LogP contribution in [0.5, 0.6) is 0 Å². The Morgan fingerprint density at radius 1 is 1.07 bits per heavy atom. The lowest BCUT2D eigenvalue weighted by molar-refractivity contribution is -0.143. The molecule has 142 valence electrons. The number of carbonyl (C=O) groups is 1. The van der Waals surface area contributed by atoms with E-state index in [9.17, 15) is 9.90 Å². The van der Waals surface area contributed by atoms with Crippen molar-refractivity contribution in [1.29, 1.82) is 0 Å². The van der Waals surface area contributed by atoms with Crippen LogP contribution in [-0.4, -0.2) is 48.8 Å². The predicted octanol–water partition coefficient (Wildman–Crippen LogP) is 3.93. The summed E-state index contributed by atoms with van der Waals surface area (Å²) in [5, 5.41) is 9.18. The highest BCUT2D eigenvalue weighted by molar-refractivity contribution is 5.79. The van der Waals surface area contributed by atoms with Gasteiger partial charge in [0.05, 0.1) is 19.1 Å². The first kappa shape index (κ1) is 19.3. The van der Waals surface area contributed by atoms with Gasteiger partial charge in [-0.2, -0.15) is 0 Å². The quantitative estimate of drug-likeness (QED) is 0.720. The van der Waals surface area contributed by atoms with Crippen molar-refractivity contribution in [2.45, 2.75) is 12.8 Å². The lowest BCUT2D eigenvalue weighted by Crippen LogP contribution is -2.40. The summed E-state index contributed by atoms with van der Waals surface area (Å²) in [5.41, 5.74) is 3.51. The number of carboxylic acid groups (broad SMARTS) is 1. The molecule has 1 heterocycles. The number of likely N-dealkylation sites (tertiary alicyclic amines) is 1. The maximum atomic E-state index is 11.2. The van der Waals surface area contributed by atoms with Crippen molar-refractivity contribution in [1.82, 2.24) is 4.90 Å². The molecular weight excluding hydrogens is 338 g/mol. The standard InChI is InChI=1S/C23H27NO3/c25-23(26)21-12-7-14-24(18-21)15-17-27-16-13-22(19-8-3-1-4-9-19)20-10-5-2-6-11-20/h1-6,8-11,13,21H,7,12,14-18H2,(H,25,26)/t21-/m1/s1. The zero-order valence-electron chi connectivity index (χ0n) is 15.6. The van der Waals surface area contributed by atoms with Gasteiger partial charge in [0, 0.05) is 13.1 Å². The molecule has 0 unspecified atom stereocenters. The molecule has 0 spiro atoms. The number of nitrogens with zero attached hydrogens (tertiary/aromatic N) is 1. The fraction of sp³-hybridized carbons (Fsp3) is 0.348. The van der Waals surface area contributed by atoms with Crippen molar-refractivity contribution < 1.29 is 14.6 Å². The summed E-state index contributed by atoms with van der Waals surface area (Å²) >= 11 is 0. The molecule has 4 heteroatoms. The van der Waals surface area contributed by atoms with E-state index in [1.807, 2.05) is 36.4 Å². The van der Waals surface area contributed by atoms with E-state index in [4.69, 9.17) is 4.74 Å². The van der Waals surface area contributed by atoms with Crippen LogP contribution in [0.4, 0.5) is 0 Å². The van der Waals surface area contributed by atoms with Gasteiger partial charge in [0.15, 0.2) is 0 Å². The first-order valence-electron chi connectivity index (χ1n) is 9.58. The molecule has 4 nitrogen and oxygen atoms in total. The first-order chi connectivity index (χ1) is 13.2. The Bertz CT molecular complexity index is 701. The van der Waals surface area contributed by atoms with Crippen LogP contribution >= 0.6 is 0 Å². The number of carboxylic acids is 1. The second-order valence-electron chi connectivity index (χ2n) is 6.90. The topological polar surface area (TPSA) is 49.8 Å². The highest BCUT2D eigenvalue weighted by Crippen LogP contribution is 2.23. The molecule has 3 rings (SSSR count). The molecule has 2 aromatic carbocycles. The third-order valence-corrected chi connectivity index (χ3v) is 4.98. The molecule has 0 bridgehead atoms. The fourth-order valence-corrected chi connectivity index (χ4v) is 3.52. The SMILES string of the molecule is O=C(O)[C@@H]1CCCN(CCOCC=C(c2ccccc2)c2ccccc2)C1. The van der Waals surface area contributed by atoms with Gasteiger partial charge in [-0.1, -0.05) is 66.7 Å². The Labute approximate surface area is 161 Å². The minimum Gasteiger partial charge on any atom is -0.481 e. The van der Waals surface area contributed by atoms with Crippen molar-refractivity contribution in [3.8, 4) is 0 Å². The number of hydrogen-bond acceptors (Lipinski definition) is 3. The van der Waals surface area contributed by atoms with Crippen molar-refractivity contribution in [2.75, 3.05) is 32.8 Å². The van der Waals surface area contributed by atoms with E-state index in [1.54, 1.807) is 0 Å². The molecule has 0 aromatic heterocycles. The summed E-state index contributed by atoms with van der Waals surface area (Å²) in [6, 6.07) is 20.7. The number of benzene rings is 2. The zero-order chi connectivity index (χ0) is 18.9. The normalized spacial score (nSPS) is 17.4. The van der Waals surface area contributed by atoms with E-state index in [2.05, 4.69) is 35.2 Å². The first-order valence-corrected chi connectivity index (χ1v) is 9.58. The van der Waals surface area contributed by atoms with Crippen LogP contribution in [-0.2, 0) is 9.53 Å². The van der Waals surface area contributed by atoms with Gasteiger partial charge in [0.25, 0.3) is 0 Å². The van der Waals surface area contributed by atoms with E-state index in [0.29, 0.717) is 19.8 Å². The van der Waals surface area contributed by atoms with Crippen LogP contribution in [0.2, 0.25) is 0 Å². The molecule has 1 aliphatic heterocycles. The van der Waals surface area contributed by atoms with Gasteiger partial charge in [-0.25, -0.2) is 0 Å². The maximum Gasteiger partial charge on any atom is 0.307 e. The molecular formula is C23H27NO3. The average molecular weight is 365 g/mol. The summed E-state index contributed by atoms with van der Waals surface area (Å²) in [5.74, 6) is -0.916. The molecule has 27 heavy (non-hydrogen) atoms. The molecule has 0 radical (unpaired) electrons. The van der Waals surface area contributed by atoms with Gasteiger partial charge < -0.3 is 14.7 Å². The Morgan fingerprint density at radius 3 is 2.30 bits per heavy atom. The van der Waals surface area contributed by atoms with Crippen LogP contribution in [0.1, 0.15) is 24.0 Å². The summed E-state index contributed by atoms with van der Waals surface area (Å²) in [6.07, 6.45) is 3.86. The van der Waals surface area contributed by atoms with E-state index in [0.717, 1.165) is 25.9 Å². The zero-order valence-corrected chi connectivity index (χ0v) is 15.6. The van der Waals surface area contributed by atoms with Crippen molar-refractivity contribution in [2.24, 2.45) is 5.92 Å². The lowest BCUT2D eigenvalue weighted by Gasteiger charge is -2.30. The minimum atomic E-state index is -0.682. The molecule has 0 aliphatic carbocycles. The van der Waals surface area contributed by atoms with Crippen molar-refractivity contribution in [3.63, 3.8) is 0 Å². The molecule has 1 aliphatic rings. The molecule has 1 fully saturated rings. The van der Waals surface area contributed by atoms with E-state index < -0.39 is 5.97 Å². The number of ether oxygens (including phenoxy) is 1. The summed E-state index contributed by atoms with van der Waals surface area (Å²) in [6.45, 7) is 3.52. The maximum absolute atomic E-state index is 11.2. The monoisotopic (exact) mass is 365 g/mol. The van der Waals surface area contributed by atoms with Crippen molar-refractivity contribution >= 4 is 11.5 Å². The van der Waals surface area contributed by atoms with Gasteiger partial charge in [-0.3, -0.25) is 4.79 Å². The smallest absolute Gasteiger partial charge is 0.307 e. The minimum absolute atomic E-state index is 0.235. The summed E-state index contributed by atoms with van der Waals surface area (Å²) in [7, 11) is 0. The Morgan fingerprint density at radius 2 is 1.70 bits per heavy atom. The molecule has 0 amide bonds. The molecule has 1 saturated heterocycles. The Kier molecular flexibility index (Phi) is 7.19. The average Bonchev–Trinajstić information content (AvgIpc) is 2.72. The largest absolute Gasteiger partial charge is 0.481 e. The van der Waals surface area contributed by atoms with E-state index in [-0.39, 0.29) is 5.92 Å². The lowest BCUT2D eigenvalue weighted by atomic mass is 9.98. The van der Waals surface area contributed by atoms with Gasteiger partial charge in [-0.15, -0.1) is 0 Å². The molecule has 1 N–H and O–H groups in total. The van der Waals surface area contributed by atoms with Crippen molar-refractivity contribution in [3.05, 3.63) is 77.9 Å². The van der Waals surface area contributed by atoms with Gasteiger partial charge >= 0.3 is 5.97 Å². The molecule has 2 aromatic rings. The highest BCUT2D eigenvalue weighted by atomic mass is 16.5. The second-order valence-corrected chi connectivity index (χ2v) is 6.90. The number of aliphatic carboxylic acids is 1.